The molecule has 1 aromatic heterocycles. The number of benzene rings is 3. The molecular weight excluding hydrogens is 320 g/mol. The number of rotatable bonds is 6. The van der Waals surface area contributed by atoms with Crippen LogP contribution in [0.1, 0.15) is 30.0 Å². The summed E-state index contributed by atoms with van der Waals surface area (Å²) in [6, 6.07) is 29.0. The van der Waals surface area contributed by atoms with Crippen molar-refractivity contribution in [2.24, 2.45) is 0 Å². The van der Waals surface area contributed by atoms with E-state index in [0.717, 1.165) is 23.4 Å². The van der Waals surface area contributed by atoms with Crippen molar-refractivity contribution in [3.8, 4) is 0 Å². The molecule has 3 nitrogen and oxygen atoms in total. The largest absolute Gasteiger partial charge is 0.366 e. The van der Waals surface area contributed by atoms with Crippen LogP contribution in [0.4, 0.5) is 0 Å². The molecular formula is C23H22N2O. The molecule has 0 radical (unpaired) electrons. The first kappa shape index (κ1) is 16.6. The fourth-order valence-electron chi connectivity index (χ4n) is 3.21. The zero-order valence-corrected chi connectivity index (χ0v) is 14.9. The average molecular weight is 342 g/mol. The normalized spacial score (nSPS) is 12.3. The van der Waals surface area contributed by atoms with Gasteiger partial charge in [0.15, 0.2) is 0 Å². The van der Waals surface area contributed by atoms with Gasteiger partial charge in [-0.25, -0.2) is 4.98 Å². The lowest BCUT2D eigenvalue weighted by atomic mass is 10.2. The number of nitrogens with zero attached hydrogens (tertiary/aromatic N) is 2. The van der Waals surface area contributed by atoms with Gasteiger partial charge in [0, 0.05) is 6.54 Å². The van der Waals surface area contributed by atoms with Gasteiger partial charge in [-0.1, -0.05) is 72.8 Å². The van der Waals surface area contributed by atoms with Crippen LogP contribution in [0.3, 0.4) is 0 Å². The van der Waals surface area contributed by atoms with E-state index in [9.17, 15) is 0 Å². The van der Waals surface area contributed by atoms with Crippen LogP contribution in [0.15, 0.2) is 84.9 Å². The van der Waals surface area contributed by atoms with E-state index in [-0.39, 0.29) is 6.10 Å². The highest BCUT2D eigenvalue weighted by Crippen LogP contribution is 2.25. The first-order valence-corrected chi connectivity index (χ1v) is 8.96. The third-order valence-corrected chi connectivity index (χ3v) is 4.57. The first-order valence-electron chi connectivity index (χ1n) is 8.96. The van der Waals surface area contributed by atoms with Crippen molar-refractivity contribution in [3.05, 3.63) is 102 Å². The summed E-state index contributed by atoms with van der Waals surface area (Å²) in [6.45, 7) is 3.44. The molecule has 4 rings (SSSR count). The number of fused-ring (bicyclic) bond motifs is 1. The van der Waals surface area contributed by atoms with E-state index in [1.165, 1.54) is 11.1 Å². The van der Waals surface area contributed by atoms with E-state index in [1.54, 1.807) is 0 Å². The Kier molecular flexibility index (Phi) is 4.80. The van der Waals surface area contributed by atoms with E-state index < -0.39 is 0 Å². The van der Waals surface area contributed by atoms with Gasteiger partial charge in [-0.2, -0.15) is 0 Å². The van der Waals surface area contributed by atoms with Gasteiger partial charge < -0.3 is 9.30 Å². The van der Waals surface area contributed by atoms with Crippen LogP contribution in [0, 0.1) is 0 Å². The predicted molar refractivity (Wildman–Crippen MR) is 105 cm³/mol. The molecule has 3 heteroatoms. The van der Waals surface area contributed by atoms with E-state index in [1.807, 2.05) is 30.3 Å². The summed E-state index contributed by atoms with van der Waals surface area (Å²) in [5.41, 5.74) is 4.58. The van der Waals surface area contributed by atoms with Gasteiger partial charge in [-0.15, -0.1) is 0 Å². The Morgan fingerprint density at radius 1 is 0.808 bits per heavy atom. The minimum atomic E-state index is -0.0914. The maximum Gasteiger partial charge on any atom is 0.139 e. The average Bonchev–Trinajstić information content (AvgIpc) is 3.06. The molecule has 26 heavy (non-hydrogen) atoms. The lowest BCUT2D eigenvalue weighted by Crippen LogP contribution is -2.11. The molecule has 3 aromatic carbocycles. The van der Waals surface area contributed by atoms with Crippen molar-refractivity contribution in [2.75, 3.05) is 0 Å². The lowest BCUT2D eigenvalue weighted by molar-refractivity contribution is 0.0450. The Balaban J connectivity index is 1.64. The molecule has 0 N–H and O–H groups in total. The fraction of sp³-hybridized carbons (Fsp3) is 0.174. The van der Waals surface area contributed by atoms with Crippen LogP contribution in [0.5, 0.6) is 0 Å². The smallest absolute Gasteiger partial charge is 0.139 e. The van der Waals surface area contributed by atoms with Gasteiger partial charge >= 0.3 is 0 Å². The molecule has 0 aliphatic heterocycles. The molecule has 1 atom stereocenters. The van der Waals surface area contributed by atoms with E-state index >= 15 is 0 Å². The van der Waals surface area contributed by atoms with Crippen LogP contribution in [0.2, 0.25) is 0 Å². The quantitative estimate of drug-likeness (QED) is 0.471. The van der Waals surface area contributed by atoms with Crippen molar-refractivity contribution < 1.29 is 4.74 Å². The summed E-state index contributed by atoms with van der Waals surface area (Å²) in [5.74, 6) is 0.964. The Bertz CT molecular complexity index is 977. The van der Waals surface area contributed by atoms with Gasteiger partial charge in [-0.05, 0) is 30.2 Å². The third kappa shape index (κ3) is 3.53. The highest BCUT2D eigenvalue weighted by Gasteiger charge is 2.17. The van der Waals surface area contributed by atoms with Gasteiger partial charge in [-0.3, -0.25) is 0 Å². The van der Waals surface area contributed by atoms with Gasteiger partial charge in [0.25, 0.3) is 0 Å². The molecule has 0 bridgehead atoms. The monoisotopic (exact) mass is 342 g/mol. The van der Waals surface area contributed by atoms with E-state index in [0.29, 0.717) is 6.61 Å². The Morgan fingerprint density at radius 2 is 1.42 bits per heavy atom. The summed E-state index contributed by atoms with van der Waals surface area (Å²) >= 11 is 0. The second kappa shape index (κ2) is 7.54. The number of aromatic nitrogens is 2. The van der Waals surface area contributed by atoms with Crippen molar-refractivity contribution in [1.82, 2.24) is 9.55 Å². The minimum absolute atomic E-state index is 0.0914. The van der Waals surface area contributed by atoms with Crippen molar-refractivity contribution in [2.45, 2.75) is 26.2 Å². The molecule has 0 unspecified atom stereocenters. The molecule has 4 aromatic rings. The van der Waals surface area contributed by atoms with Crippen molar-refractivity contribution >= 4 is 11.0 Å². The topological polar surface area (TPSA) is 27.1 Å². The molecule has 0 saturated carbocycles. The van der Waals surface area contributed by atoms with Crippen molar-refractivity contribution in [3.63, 3.8) is 0 Å². The zero-order chi connectivity index (χ0) is 17.8. The standard InChI is InChI=1S/C23H22N2O/c1-18(26-17-20-12-6-3-7-13-20)23-24-21-14-8-9-15-22(21)25(23)16-19-10-4-2-5-11-19/h2-15,18H,16-17H2,1H3/t18-/m1/s1. The Labute approximate surface area is 153 Å². The number of hydrogen-bond acceptors (Lipinski definition) is 2. The van der Waals surface area contributed by atoms with Crippen LogP contribution in [-0.2, 0) is 17.9 Å². The van der Waals surface area contributed by atoms with Gasteiger partial charge in [0.1, 0.15) is 11.9 Å². The Hall–Kier alpha value is -2.91. The molecule has 0 fully saturated rings. The maximum absolute atomic E-state index is 6.14. The van der Waals surface area contributed by atoms with Gasteiger partial charge in [0.05, 0.1) is 17.6 Å². The first-order chi connectivity index (χ1) is 12.8. The highest BCUT2D eigenvalue weighted by atomic mass is 16.5. The Morgan fingerprint density at radius 3 is 2.15 bits per heavy atom. The maximum atomic E-state index is 6.14. The van der Waals surface area contributed by atoms with Crippen LogP contribution >= 0.6 is 0 Å². The third-order valence-electron chi connectivity index (χ3n) is 4.57. The van der Waals surface area contributed by atoms with Crippen LogP contribution < -0.4 is 0 Å². The summed E-state index contributed by atoms with van der Waals surface area (Å²) in [5, 5.41) is 0. The molecule has 1 heterocycles. The predicted octanol–water partition coefficient (Wildman–Crippen LogP) is 5.36. The van der Waals surface area contributed by atoms with Crippen LogP contribution in [0.25, 0.3) is 11.0 Å². The lowest BCUT2D eigenvalue weighted by Gasteiger charge is -2.16. The number of hydrogen-bond donors (Lipinski definition) is 0. The number of imidazole rings is 1. The molecule has 0 spiro atoms. The zero-order valence-electron chi connectivity index (χ0n) is 14.9. The molecule has 0 amide bonds. The number of para-hydroxylation sites is 2. The summed E-state index contributed by atoms with van der Waals surface area (Å²) in [4.78, 5) is 4.86. The van der Waals surface area contributed by atoms with E-state index in [2.05, 4.69) is 66.1 Å². The summed E-state index contributed by atoms with van der Waals surface area (Å²) in [6.07, 6.45) is -0.0914. The second-order valence-corrected chi connectivity index (χ2v) is 6.47. The van der Waals surface area contributed by atoms with E-state index in [4.69, 9.17) is 9.72 Å². The molecule has 0 aliphatic rings. The van der Waals surface area contributed by atoms with Crippen molar-refractivity contribution in [1.29, 1.82) is 0 Å². The fourth-order valence-corrected chi connectivity index (χ4v) is 3.21. The highest BCUT2D eigenvalue weighted by molar-refractivity contribution is 5.76. The number of ether oxygens (including phenoxy) is 1. The second-order valence-electron chi connectivity index (χ2n) is 6.47. The molecule has 0 saturated heterocycles. The summed E-state index contributed by atoms with van der Waals surface area (Å²) in [7, 11) is 0. The summed E-state index contributed by atoms with van der Waals surface area (Å²) < 4.78 is 8.40. The SMILES string of the molecule is C[C@@H](OCc1ccccc1)c1nc2ccccc2n1Cc1ccccc1. The molecule has 0 aliphatic carbocycles. The molecule has 130 valence electrons. The van der Waals surface area contributed by atoms with Gasteiger partial charge in [0.2, 0.25) is 0 Å². The minimum Gasteiger partial charge on any atom is -0.366 e. The van der Waals surface area contributed by atoms with Crippen LogP contribution in [-0.4, -0.2) is 9.55 Å².